The van der Waals surface area contributed by atoms with Gasteiger partial charge in [-0.25, -0.2) is 9.78 Å². The molecule has 6 nitrogen and oxygen atoms in total. The van der Waals surface area contributed by atoms with Crippen LogP contribution in [0.15, 0.2) is 30.5 Å². The molecule has 0 saturated heterocycles. The number of carbonyl (C=O) groups is 1. The van der Waals surface area contributed by atoms with E-state index in [2.05, 4.69) is 9.97 Å². The van der Waals surface area contributed by atoms with Crippen molar-refractivity contribution < 1.29 is 19.4 Å². The van der Waals surface area contributed by atoms with Crippen LogP contribution in [0.3, 0.4) is 0 Å². The number of nitrogens with zero attached hydrogens (tertiary/aromatic N) is 2. The highest BCUT2D eigenvalue weighted by molar-refractivity contribution is 5.86. The normalized spacial score (nSPS) is 10.0. The maximum absolute atomic E-state index is 11.0. The van der Waals surface area contributed by atoms with Crippen molar-refractivity contribution in [2.75, 3.05) is 14.2 Å². The van der Waals surface area contributed by atoms with Gasteiger partial charge in [-0.15, -0.1) is 0 Å². The highest BCUT2D eigenvalue weighted by Crippen LogP contribution is 2.32. The zero-order chi connectivity index (χ0) is 13.8. The molecule has 2 aromatic heterocycles. The molecule has 0 fully saturated rings. The van der Waals surface area contributed by atoms with E-state index in [0.717, 1.165) is 0 Å². The lowest BCUT2D eigenvalue weighted by molar-refractivity contribution is 0.0690. The van der Waals surface area contributed by atoms with Gasteiger partial charge in [-0.05, 0) is 24.3 Å². The van der Waals surface area contributed by atoms with E-state index >= 15 is 0 Å². The second kappa shape index (κ2) is 5.34. The average Bonchev–Trinajstić information content (AvgIpc) is 2.46. The average molecular weight is 260 g/mol. The zero-order valence-electron chi connectivity index (χ0n) is 10.5. The van der Waals surface area contributed by atoms with Crippen molar-refractivity contribution in [2.24, 2.45) is 0 Å². The fourth-order valence-corrected chi connectivity index (χ4v) is 1.63. The molecular formula is C13H12N2O4. The predicted octanol–water partition coefficient (Wildman–Crippen LogP) is 1.86. The van der Waals surface area contributed by atoms with E-state index in [1.54, 1.807) is 24.4 Å². The van der Waals surface area contributed by atoms with Gasteiger partial charge in [0, 0.05) is 6.20 Å². The summed E-state index contributed by atoms with van der Waals surface area (Å²) in [6.07, 6.45) is 1.58. The molecule has 19 heavy (non-hydrogen) atoms. The third-order valence-electron chi connectivity index (χ3n) is 2.51. The maximum Gasteiger partial charge on any atom is 0.354 e. The molecule has 2 rings (SSSR count). The standard InChI is InChI=1S/C13H12N2O4/c1-18-9-4-3-7-14-11(9)12-10(19-2)6-5-8(15-12)13(16)17/h3-7H,1-2H3,(H,16,17). The molecule has 0 bridgehead atoms. The minimum absolute atomic E-state index is 0.0801. The smallest absolute Gasteiger partial charge is 0.354 e. The number of aromatic nitrogens is 2. The van der Waals surface area contributed by atoms with Crippen molar-refractivity contribution in [3.8, 4) is 22.9 Å². The quantitative estimate of drug-likeness (QED) is 0.903. The van der Waals surface area contributed by atoms with E-state index in [1.807, 2.05) is 0 Å². The minimum Gasteiger partial charge on any atom is -0.494 e. The van der Waals surface area contributed by atoms with Crippen molar-refractivity contribution >= 4 is 5.97 Å². The molecule has 0 amide bonds. The summed E-state index contributed by atoms with van der Waals surface area (Å²) in [5.41, 5.74) is 0.688. The van der Waals surface area contributed by atoms with Crippen molar-refractivity contribution in [3.63, 3.8) is 0 Å². The fraction of sp³-hybridized carbons (Fsp3) is 0.154. The first-order valence-corrected chi connectivity index (χ1v) is 5.45. The Morgan fingerprint density at radius 3 is 2.42 bits per heavy atom. The predicted molar refractivity (Wildman–Crippen MR) is 67.5 cm³/mol. The van der Waals surface area contributed by atoms with Crippen LogP contribution in [0.4, 0.5) is 0 Å². The van der Waals surface area contributed by atoms with Crippen LogP contribution < -0.4 is 9.47 Å². The second-order valence-corrected chi connectivity index (χ2v) is 3.61. The number of rotatable bonds is 4. The molecule has 0 saturated carbocycles. The van der Waals surface area contributed by atoms with Crippen LogP contribution in [0.25, 0.3) is 11.4 Å². The van der Waals surface area contributed by atoms with Gasteiger partial charge >= 0.3 is 5.97 Å². The number of carboxylic acids is 1. The summed E-state index contributed by atoms with van der Waals surface area (Å²) in [7, 11) is 2.99. The molecule has 2 heterocycles. The van der Waals surface area contributed by atoms with E-state index in [9.17, 15) is 4.79 Å². The molecule has 0 aliphatic heterocycles. The Hall–Kier alpha value is -2.63. The molecule has 0 spiro atoms. The number of pyridine rings is 2. The van der Waals surface area contributed by atoms with Crippen LogP contribution in [0.2, 0.25) is 0 Å². The van der Waals surface area contributed by atoms with Gasteiger partial charge in [0.2, 0.25) is 0 Å². The minimum atomic E-state index is -1.11. The third-order valence-corrected chi connectivity index (χ3v) is 2.51. The summed E-state index contributed by atoms with van der Waals surface area (Å²) in [5, 5.41) is 8.99. The van der Waals surface area contributed by atoms with Crippen LogP contribution in [-0.2, 0) is 0 Å². The van der Waals surface area contributed by atoms with Crippen molar-refractivity contribution in [2.45, 2.75) is 0 Å². The summed E-state index contributed by atoms with van der Waals surface area (Å²) in [5.74, 6) is -0.184. The monoisotopic (exact) mass is 260 g/mol. The van der Waals surface area contributed by atoms with Gasteiger partial charge < -0.3 is 14.6 Å². The Labute approximate surface area is 109 Å². The van der Waals surface area contributed by atoms with Gasteiger partial charge in [-0.2, -0.15) is 0 Å². The van der Waals surface area contributed by atoms with Gasteiger partial charge in [0.1, 0.15) is 28.6 Å². The number of aromatic carboxylic acids is 1. The van der Waals surface area contributed by atoms with E-state index in [4.69, 9.17) is 14.6 Å². The first kappa shape index (κ1) is 12.8. The summed E-state index contributed by atoms with van der Waals surface area (Å²) < 4.78 is 10.4. The lowest BCUT2D eigenvalue weighted by Crippen LogP contribution is -2.04. The van der Waals surface area contributed by atoms with Crippen molar-refractivity contribution in [1.29, 1.82) is 0 Å². The van der Waals surface area contributed by atoms with Crippen LogP contribution in [0.1, 0.15) is 10.5 Å². The van der Waals surface area contributed by atoms with Crippen LogP contribution >= 0.6 is 0 Å². The second-order valence-electron chi connectivity index (χ2n) is 3.61. The third kappa shape index (κ3) is 2.47. The Kier molecular flexibility index (Phi) is 3.61. The lowest BCUT2D eigenvalue weighted by Gasteiger charge is -2.10. The van der Waals surface area contributed by atoms with Gasteiger partial charge in [0.05, 0.1) is 14.2 Å². The number of ether oxygens (including phenoxy) is 2. The zero-order valence-corrected chi connectivity index (χ0v) is 10.5. The summed E-state index contributed by atoms with van der Waals surface area (Å²) in [6, 6.07) is 6.35. The Morgan fingerprint density at radius 1 is 1.11 bits per heavy atom. The summed E-state index contributed by atoms with van der Waals surface area (Å²) >= 11 is 0. The number of hydrogen-bond donors (Lipinski definition) is 1. The molecule has 98 valence electrons. The molecule has 0 radical (unpaired) electrons. The van der Waals surface area contributed by atoms with Crippen molar-refractivity contribution in [3.05, 3.63) is 36.2 Å². The molecule has 0 aliphatic rings. The van der Waals surface area contributed by atoms with Crippen LogP contribution in [0, 0.1) is 0 Å². The van der Waals surface area contributed by atoms with Crippen molar-refractivity contribution in [1.82, 2.24) is 9.97 Å². The molecule has 0 aromatic carbocycles. The largest absolute Gasteiger partial charge is 0.494 e. The molecule has 1 N–H and O–H groups in total. The molecule has 0 atom stereocenters. The first-order valence-electron chi connectivity index (χ1n) is 5.45. The van der Waals surface area contributed by atoms with Gasteiger partial charge in [0.15, 0.2) is 0 Å². The number of carboxylic acid groups (broad SMARTS) is 1. The van der Waals surface area contributed by atoms with Gasteiger partial charge in [-0.1, -0.05) is 0 Å². The lowest BCUT2D eigenvalue weighted by atomic mass is 10.2. The molecule has 0 unspecified atom stereocenters. The molecule has 6 heteroatoms. The van der Waals surface area contributed by atoms with Gasteiger partial charge in [0.25, 0.3) is 0 Å². The van der Waals surface area contributed by atoms with E-state index in [-0.39, 0.29) is 5.69 Å². The van der Waals surface area contributed by atoms with Gasteiger partial charge in [-0.3, -0.25) is 4.98 Å². The Bertz CT molecular complexity index is 613. The van der Waals surface area contributed by atoms with E-state index in [0.29, 0.717) is 22.9 Å². The molecular weight excluding hydrogens is 248 g/mol. The van der Waals surface area contributed by atoms with Crippen LogP contribution in [0.5, 0.6) is 11.5 Å². The topological polar surface area (TPSA) is 81.5 Å². The fourth-order valence-electron chi connectivity index (χ4n) is 1.63. The molecule has 2 aromatic rings. The van der Waals surface area contributed by atoms with E-state index in [1.165, 1.54) is 20.3 Å². The summed E-state index contributed by atoms with van der Waals surface area (Å²) in [6.45, 7) is 0. The Balaban J connectivity index is 2.65. The SMILES string of the molecule is COc1cccnc1-c1nc(C(=O)O)ccc1OC. The summed E-state index contributed by atoms with van der Waals surface area (Å²) in [4.78, 5) is 19.2. The first-order chi connectivity index (χ1) is 9.17. The number of methoxy groups -OCH3 is 2. The highest BCUT2D eigenvalue weighted by Gasteiger charge is 2.16. The highest BCUT2D eigenvalue weighted by atomic mass is 16.5. The van der Waals surface area contributed by atoms with Crippen LogP contribution in [-0.4, -0.2) is 35.3 Å². The molecule has 0 aliphatic carbocycles. The maximum atomic E-state index is 11.0. The van der Waals surface area contributed by atoms with E-state index < -0.39 is 5.97 Å². The Morgan fingerprint density at radius 2 is 1.79 bits per heavy atom. The number of hydrogen-bond acceptors (Lipinski definition) is 5.